The molecule has 1 aromatic rings. The number of nitrogens with one attached hydrogen (secondary N) is 1. The van der Waals surface area contributed by atoms with Gasteiger partial charge >= 0.3 is 5.97 Å². The fourth-order valence-electron chi connectivity index (χ4n) is 1.43. The van der Waals surface area contributed by atoms with E-state index in [0.717, 1.165) is 0 Å². The SMILES string of the molecule is CC(CC(=O)O)Nc1ccc(C(=O)N(C)C)cn1. The first-order valence-corrected chi connectivity index (χ1v) is 5.56. The molecular weight excluding hydrogens is 234 g/mol. The highest BCUT2D eigenvalue weighted by Crippen LogP contribution is 2.09. The largest absolute Gasteiger partial charge is 0.481 e. The minimum Gasteiger partial charge on any atom is -0.481 e. The minimum atomic E-state index is -0.866. The van der Waals surface area contributed by atoms with Gasteiger partial charge in [0.1, 0.15) is 5.82 Å². The maximum absolute atomic E-state index is 11.6. The maximum Gasteiger partial charge on any atom is 0.305 e. The molecule has 6 heteroatoms. The van der Waals surface area contributed by atoms with Gasteiger partial charge in [0.15, 0.2) is 0 Å². The van der Waals surface area contributed by atoms with Gasteiger partial charge in [-0.1, -0.05) is 0 Å². The quantitative estimate of drug-likeness (QED) is 0.817. The Hall–Kier alpha value is -2.11. The van der Waals surface area contributed by atoms with Crippen LogP contribution in [0, 0.1) is 0 Å². The Bertz CT molecular complexity index is 429. The molecule has 0 aliphatic rings. The van der Waals surface area contributed by atoms with Crippen molar-refractivity contribution in [2.24, 2.45) is 0 Å². The van der Waals surface area contributed by atoms with Crippen molar-refractivity contribution in [1.82, 2.24) is 9.88 Å². The molecule has 0 bridgehead atoms. The lowest BCUT2D eigenvalue weighted by Crippen LogP contribution is -2.22. The average Bonchev–Trinajstić information content (AvgIpc) is 2.27. The van der Waals surface area contributed by atoms with Gasteiger partial charge in [-0.25, -0.2) is 4.98 Å². The highest BCUT2D eigenvalue weighted by molar-refractivity contribution is 5.93. The van der Waals surface area contributed by atoms with Crippen LogP contribution in [0.25, 0.3) is 0 Å². The molecular formula is C12H17N3O3. The van der Waals surface area contributed by atoms with Gasteiger partial charge in [0, 0.05) is 26.3 Å². The van der Waals surface area contributed by atoms with Crippen LogP contribution in [0.5, 0.6) is 0 Å². The van der Waals surface area contributed by atoms with Crippen molar-refractivity contribution in [2.45, 2.75) is 19.4 Å². The zero-order valence-corrected chi connectivity index (χ0v) is 10.7. The number of hydrogen-bond donors (Lipinski definition) is 2. The summed E-state index contributed by atoms with van der Waals surface area (Å²) in [5.74, 6) is -0.430. The first-order valence-electron chi connectivity index (χ1n) is 5.56. The third-order valence-corrected chi connectivity index (χ3v) is 2.29. The molecule has 0 radical (unpaired) electrons. The molecule has 0 aliphatic carbocycles. The van der Waals surface area contributed by atoms with Crippen LogP contribution in [0.4, 0.5) is 5.82 Å². The molecule has 18 heavy (non-hydrogen) atoms. The lowest BCUT2D eigenvalue weighted by atomic mass is 10.2. The molecule has 1 aromatic heterocycles. The van der Waals surface area contributed by atoms with Crippen molar-refractivity contribution < 1.29 is 14.7 Å². The Balaban J connectivity index is 2.66. The number of amides is 1. The number of anilines is 1. The van der Waals surface area contributed by atoms with Crippen LogP contribution >= 0.6 is 0 Å². The number of pyridine rings is 1. The monoisotopic (exact) mass is 251 g/mol. The molecule has 98 valence electrons. The van der Waals surface area contributed by atoms with E-state index >= 15 is 0 Å². The Morgan fingerprint density at radius 2 is 2.11 bits per heavy atom. The lowest BCUT2D eigenvalue weighted by molar-refractivity contribution is -0.137. The topological polar surface area (TPSA) is 82.5 Å². The second-order valence-electron chi connectivity index (χ2n) is 4.27. The molecule has 1 unspecified atom stereocenters. The van der Waals surface area contributed by atoms with Gasteiger partial charge in [-0.2, -0.15) is 0 Å². The third-order valence-electron chi connectivity index (χ3n) is 2.29. The summed E-state index contributed by atoms with van der Waals surface area (Å²) < 4.78 is 0. The second kappa shape index (κ2) is 6.00. The van der Waals surface area contributed by atoms with Gasteiger partial charge in [-0.05, 0) is 19.1 Å². The highest BCUT2D eigenvalue weighted by atomic mass is 16.4. The number of aliphatic carboxylic acids is 1. The van der Waals surface area contributed by atoms with Gasteiger partial charge in [0.25, 0.3) is 5.91 Å². The van der Waals surface area contributed by atoms with Crippen LogP contribution in [0.2, 0.25) is 0 Å². The Morgan fingerprint density at radius 3 is 2.56 bits per heavy atom. The first-order chi connectivity index (χ1) is 8.40. The van der Waals surface area contributed by atoms with Gasteiger partial charge in [0.05, 0.1) is 12.0 Å². The van der Waals surface area contributed by atoms with Crippen molar-refractivity contribution in [3.63, 3.8) is 0 Å². The molecule has 0 saturated carbocycles. The Morgan fingerprint density at radius 1 is 1.44 bits per heavy atom. The molecule has 1 heterocycles. The van der Waals surface area contributed by atoms with E-state index in [1.807, 2.05) is 0 Å². The van der Waals surface area contributed by atoms with Crippen LogP contribution in [0.1, 0.15) is 23.7 Å². The number of aromatic nitrogens is 1. The fraction of sp³-hybridized carbons (Fsp3) is 0.417. The van der Waals surface area contributed by atoms with Crippen LogP contribution in [0.3, 0.4) is 0 Å². The summed E-state index contributed by atoms with van der Waals surface area (Å²) in [6.07, 6.45) is 1.48. The number of carbonyl (C=O) groups is 2. The van der Waals surface area contributed by atoms with Crippen LogP contribution in [-0.2, 0) is 4.79 Å². The predicted octanol–water partition coefficient (Wildman–Crippen LogP) is 1.06. The normalized spacial score (nSPS) is 11.7. The maximum atomic E-state index is 11.6. The highest BCUT2D eigenvalue weighted by Gasteiger charge is 2.10. The van der Waals surface area contributed by atoms with Crippen LogP contribution in [-0.4, -0.2) is 47.0 Å². The summed E-state index contributed by atoms with van der Waals surface area (Å²) in [4.78, 5) is 27.7. The third kappa shape index (κ3) is 4.04. The van der Waals surface area contributed by atoms with Crippen molar-refractivity contribution in [2.75, 3.05) is 19.4 Å². The standard InChI is InChI=1S/C12H17N3O3/c1-8(6-11(16)17)14-10-5-4-9(7-13-10)12(18)15(2)3/h4-5,7-8H,6H2,1-3H3,(H,13,14)(H,16,17). The number of carboxylic acids is 1. The zero-order valence-electron chi connectivity index (χ0n) is 10.7. The lowest BCUT2D eigenvalue weighted by Gasteiger charge is -2.13. The molecule has 1 amide bonds. The van der Waals surface area contributed by atoms with Crippen LogP contribution in [0.15, 0.2) is 18.3 Å². The van der Waals surface area contributed by atoms with Crippen molar-refractivity contribution >= 4 is 17.7 Å². The molecule has 6 nitrogen and oxygen atoms in total. The second-order valence-corrected chi connectivity index (χ2v) is 4.27. The van der Waals surface area contributed by atoms with E-state index < -0.39 is 5.97 Å². The summed E-state index contributed by atoms with van der Waals surface area (Å²) >= 11 is 0. The summed E-state index contributed by atoms with van der Waals surface area (Å²) in [5.41, 5.74) is 0.497. The summed E-state index contributed by atoms with van der Waals surface area (Å²) in [7, 11) is 3.34. The van der Waals surface area contributed by atoms with Gasteiger partial charge in [0.2, 0.25) is 0 Å². The number of nitrogens with zero attached hydrogens (tertiary/aromatic N) is 2. The van der Waals surface area contributed by atoms with E-state index in [2.05, 4.69) is 10.3 Å². The zero-order chi connectivity index (χ0) is 13.7. The molecule has 1 rings (SSSR count). The fourth-order valence-corrected chi connectivity index (χ4v) is 1.43. The molecule has 0 aromatic carbocycles. The molecule has 0 fully saturated rings. The van der Waals surface area contributed by atoms with E-state index in [0.29, 0.717) is 11.4 Å². The minimum absolute atomic E-state index is 0.0139. The molecule has 2 N–H and O–H groups in total. The molecule has 1 atom stereocenters. The van der Waals surface area contributed by atoms with E-state index in [-0.39, 0.29) is 18.4 Å². The Labute approximate surface area is 106 Å². The van der Waals surface area contributed by atoms with E-state index in [1.54, 1.807) is 33.2 Å². The van der Waals surface area contributed by atoms with Crippen molar-refractivity contribution in [3.8, 4) is 0 Å². The van der Waals surface area contributed by atoms with E-state index in [4.69, 9.17) is 5.11 Å². The van der Waals surface area contributed by atoms with E-state index in [1.165, 1.54) is 11.1 Å². The van der Waals surface area contributed by atoms with Crippen molar-refractivity contribution in [3.05, 3.63) is 23.9 Å². The van der Waals surface area contributed by atoms with Gasteiger partial charge < -0.3 is 15.3 Å². The van der Waals surface area contributed by atoms with Crippen LogP contribution < -0.4 is 5.32 Å². The molecule has 0 saturated heterocycles. The summed E-state index contributed by atoms with van der Waals surface area (Å²) in [6.45, 7) is 1.76. The molecule has 0 aliphatic heterocycles. The number of rotatable bonds is 5. The average molecular weight is 251 g/mol. The summed E-state index contributed by atoms with van der Waals surface area (Å²) in [6, 6.07) is 3.10. The number of carboxylic acid groups (broad SMARTS) is 1. The summed E-state index contributed by atoms with van der Waals surface area (Å²) in [5, 5.41) is 11.6. The molecule has 0 spiro atoms. The number of hydrogen-bond acceptors (Lipinski definition) is 4. The predicted molar refractivity (Wildman–Crippen MR) is 67.6 cm³/mol. The van der Waals surface area contributed by atoms with E-state index in [9.17, 15) is 9.59 Å². The van der Waals surface area contributed by atoms with Crippen molar-refractivity contribution in [1.29, 1.82) is 0 Å². The number of carbonyl (C=O) groups excluding carboxylic acids is 1. The van der Waals surface area contributed by atoms with Gasteiger partial charge in [-0.3, -0.25) is 9.59 Å². The Kier molecular flexibility index (Phi) is 4.65. The first kappa shape index (κ1) is 14.0. The smallest absolute Gasteiger partial charge is 0.305 e. The van der Waals surface area contributed by atoms with Gasteiger partial charge in [-0.15, -0.1) is 0 Å².